The molecule has 1 aromatic carbocycles. The Morgan fingerprint density at radius 3 is 2.50 bits per heavy atom. The minimum absolute atomic E-state index is 0.426. The average molecular weight is 284 g/mol. The number of aliphatic hydroxyl groups excluding tert-OH is 1. The SMILES string of the molecule is CC(O)c1ccc(Oc2ccc(Cl)c(Cl)c2)nc1. The lowest BCUT2D eigenvalue weighted by atomic mass is 10.2. The van der Waals surface area contributed by atoms with Crippen LogP contribution in [0.25, 0.3) is 0 Å². The highest BCUT2D eigenvalue weighted by Crippen LogP contribution is 2.28. The van der Waals surface area contributed by atoms with Crippen LogP contribution in [0.1, 0.15) is 18.6 Å². The second kappa shape index (κ2) is 5.57. The van der Waals surface area contributed by atoms with E-state index in [1.807, 2.05) is 0 Å². The summed E-state index contributed by atoms with van der Waals surface area (Å²) in [7, 11) is 0. The van der Waals surface area contributed by atoms with Gasteiger partial charge in [0, 0.05) is 18.3 Å². The van der Waals surface area contributed by atoms with Gasteiger partial charge in [-0.2, -0.15) is 0 Å². The summed E-state index contributed by atoms with van der Waals surface area (Å²) in [6.45, 7) is 1.68. The van der Waals surface area contributed by atoms with Crippen molar-refractivity contribution in [3.05, 3.63) is 52.1 Å². The van der Waals surface area contributed by atoms with Crippen molar-refractivity contribution in [3.8, 4) is 11.6 Å². The molecule has 0 fully saturated rings. The average Bonchev–Trinajstić information content (AvgIpc) is 2.34. The van der Waals surface area contributed by atoms with E-state index >= 15 is 0 Å². The van der Waals surface area contributed by atoms with E-state index in [-0.39, 0.29) is 0 Å². The molecule has 0 aliphatic heterocycles. The Morgan fingerprint density at radius 2 is 1.94 bits per heavy atom. The van der Waals surface area contributed by atoms with E-state index in [1.165, 1.54) is 0 Å². The Balaban J connectivity index is 2.15. The van der Waals surface area contributed by atoms with Crippen molar-refractivity contribution >= 4 is 23.2 Å². The van der Waals surface area contributed by atoms with Crippen molar-refractivity contribution < 1.29 is 9.84 Å². The highest BCUT2D eigenvalue weighted by atomic mass is 35.5. The molecule has 1 atom stereocenters. The summed E-state index contributed by atoms with van der Waals surface area (Å²) in [5.74, 6) is 0.986. The third-order valence-electron chi connectivity index (χ3n) is 2.36. The van der Waals surface area contributed by atoms with Crippen LogP contribution >= 0.6 is 23.2 Å². The van der Waals surface area contributed by atoms with Crippen LogP contribution in [0.4, 0.5) is 0 Å². The molecule has 18 heavy (non-hydrogen) atoms. The van der Waals surface area contributed by atoms with Gasteiger partial charge in [-0.3, -0.25) is 0 Å². The lowest BCUT2D eigenvalue weighted by Gasteiger charge is -2.07. The Labute approximate surface area is 115 Å². The first-order valence-corrected chi connectivity index (χ1v) is 6.09. The monoisotopic (exact) mass is 283 g/mol. The first-order valence-electron chi connectivity index (χ1n) is 5.33. The van der Waals surface area contributed by atoms with Crippen molar-refractivity contribution in [2.75, 3.05) is 0 Å². The number of aromatic nitrogens is 1. The van der Waals surface area contributed by atoms with Crippen molar-refractivity contribution in [3.63, 3.8) is 0 Å². The standard InChI is InChI=1S/C13H11Cl2NO2/c1-8(17)9-2-5-13(16-7-9)18-10-3-4-11(14)12(15)6-10/h2-8,17H,1H3. The van der Waals surface area contributed by atoms with Gasteiger partial charge < -0.3 is 9.84 Å². The number of ether oxygens (including phenoxy) is 1. The lowest BCUT2D eigenvalue weighted by molar-refractivity contribution is 0.198. The van der Waals surface area contributed by atoms with E-state index in [9.17, 15) is 5.11 Å². The molecular weight excluding hydrogens is 273 g/mol. The molecule has 2 aromatic rings. The predicted octanol–water partition coefficient (Wildman–Crippen LogP) is 4.23. The Hall–Kier alpha value is -1.29. The van der Waals surface area contributed by atoms with Gasteiger partial charge in [0.1, 0.15) is 5.75 Å². The Kier molecular flexibility index (Phi) is 4.07. The molecule has 5 heteroatoms. The molecule has 0 saturated carbocycles. The quantitative estimate of drug-likeness (QED) is 0.916. The van der Waals surface area contributed by atoms with Crippen molar-refractivity contribution in [2.45, 2.75) is 13.0 Å². The molecule has 1 aromatic heterocycles. The van der Waals surface area contributed by atoms with Crippen LogP contribution in [0, 0.1) is 0 Å². The summed E-state index contributed by atoms with van der Waals surface area (Å²) in [5.41, 5.74) is 0.733. The minimum atomic E-state index is -0.545. The molecule has 1 N–H and O–H groups in total. The van der Waals surface area contributed by atoms with Gasteiger partial charge in [-0.15, -0.1) is 0 Å². The minimum Gasteiger partial charge on any atom is -0.439 e. The summed E-state index contributed by atoms with van der Waals surface area (Å²) in [6.07, 6.45) is 1.02. The largest absolute Gasteiger partial charge is 0.439 e. The topological polar surface area (TPSA) is 42.4 Å². The maximum absolute atomic E-state index is 9.36. The van der Waals surface area contributed by atoms with Gasteiger partial charge in [-0.1, -0.05) is 23.2 Å². The molecule has 0 aliphatic rings. The van der Waals surface area contributed by atoms with E-state index in [4.69, 9.17) is 27.9 Å². The fourth-order valence-electron chi connectivity index (χ4n) is 1.36. The molecular formula is C13H11Cl2NO2. The van der Waals surface area contributed by atoms with Crippen LogP contribution in [0.5, 0.6) is 11.6 Å². The fourth-order valence-corrected chi connectivity index (χ4v) is 1.65. The van der Waals surface area contributed by atoms with Crippen LogP contribution < -0.4 is 4.74 Å². The third kappa shape index (κ3) is 3.13. The maximum Gasteiger partial charge on any atom is 0.219 e. The summed E-state index contributed by atoms with van der Waals surface area (Å²) in [6, 6.07) is 8.42. The summed E-state index contributed by atoms with van der Waals surface area (Å²) < 4.78 is 5.51. The van der Waals surface area contributed by atoms with Gasteiger partial charge in [0.05, 0.1) is 16.1 Å². The number of pyridine rings is 1. The molecule has 0 bridgehead atoms. The van der Waals surface area contributed by atoms with Gasteiger partial charge >= 0.3 is 0 Å². The van der Waals surface area contributed by atoms with Crippen LogP contribution in [0.2, 0.25) is 10.0 Å². The number of halogens is 2. The number of hydrogen-bond donors (Lipinski definition) is 1. The number of aliphatic hydroxyl groups is 1. The summed E-state index contributed by atoms with van der Waals surface area (Å²) in [4.78, 5) is 4.09. The number of benzene rings is 1. The second-order valence-corrected chi connectivity index (χ2v) is 4.60. The second-order valence-electron chi connectivity index (χ2n) is 3.78. The van der Waals surface area contributed by atoms with Gasteiger partial charge in [-0.05, 0) is 30.7 Å². The van der Waals surface area contributed by atoms with Gasteiger partial charge in [-0.25, -0.2) is 4.98 Å². The van der Waals surface area contributed by atoms with Crippen molar-refractivity contribution in [1.82, 2.24) is 4.98 Å². The zero-order valence-electron chi connectivity index (χ0n) is 9.60. The fraction of sp³-hybridized carbons (Fsp3) is 0.154. The molecule has 1 heterocycles. The van der Waals surface area contributed by atoms with E-state index in [2.05, 4.69) is 4.98 Å². The molecule has 3 nitrogen and oxygen atoms in total. The van der Waals surface area contributed by atoms with E-state index < -0.39 is 6.10 Å². The van der Waals surface area contributed by atoms with E-state index in [0.29, 0.717) is 21.7 Å². The van der Waals surface area contributed by atoms with Crippen LogP contribution in [0.15, 0.2) is 36.5 Å². The van der Waals surface area contributed by atoms with Crippen molar-refractivity contribution in [1.29, 1.82) is 0 Å². The predicted molar refractivity (Wildman–Crippen MR) is 71.4 cm³/mol. The molecule has 0 amide bonds. The first-order chi connectivity index (χ1) is 8.56. The third-order valence-corrected chi connectivity index (χ3v) is 3.09. The first kappa shape index (κ1) is 13.1. The molecule has 94 valence electrons. The zero-order valence-corrected chi connectivity index (χ0v) is 11.1. The maximum atomic E-state index is 9.36. The van der Waals surface area contributed by atoms with Crippen molar-refractivity contribution in [2.24, 2.45) is 0 Å². The zero-order chi connectivity index (χ0) is 13.1. The van der Waals surface area contributed by atoms with Crippen LogP contribution in [0.3, 0.4) is 0 Å². The molecule has 0 radical (unpaired) electrons. The van der Waals surface area contributed by atoms with Crippen LogP contribution in [-0.4, -0.2) is 10.1 Å². The van der Waals surface area contributed by atoms with E-state index in [0.717, 1.165) is 5.56 Å². The Bertz CT molecular complexity index is 541. The summed E-state index contributed by atoms with van der Waals surface area (Å²) in [5, 5.41) is 10.3. The van der Waals surface area contributed by atoms with E-state index in [1.54, 1.807) is 43.5 Å². The van der Waals surface area contributed by atoms with Gasteiger partial charge in [0.25, 0.3) is 0 Å². The summed E-state index contributed by atoms with van der Waals surface area (Å²) >= 11 is 11.7. The van der Waals surface area contributed by atoms with Gasteiger partial charge in [0.15, 0.2) is 0 Å². The highest BCUT2D eigenvalue weighted by molar-refractivity contribution is 6.42. The van der Waals surface area contributed by atoms with Gasteiger partial charge in [0.2, 0.25) is 5.88 Å². The Morgan fingerprint density at radius 1 is 1.17 bits per heavy atom. The van der Waals surface area contributed by atoms with Crippen LogP contribution in [-0.2, 0) is 0 Å². The molecule has 0 spiro atoms. The molecule has 0 saturated heterocycles. The normalized spacial score (nSPS) is 12.2. The number of nitrogens with zero attached hydrogens (tertiary/aromatic N) is 1. The number of hydrogen-bond acceptors (Lipinski definition) is 3. The molecule has 2 rings (SSSR count). The lowest BCUT2D eigenvalue weighted by Crippen LogP contribution is -1.93. The smallest absolute Gasteiger partial charge is 0.219 e. The molecule has 0 aliphatic carbocycles. The molecule has 1 unspecified atom stereocenters. The number of rotatable bonds is 3. The highest BCUT2D eigenvalue weighted by Gasteiger charge is 2.04.